The lowest BCUT2D eigenvalue weighted by Crippen LogP contribution is -2.40. The van der Waals surface area contributed by atoms with Crippen LogP contribution < -0.4 is 5.32 Å². The fourth-order valence-corrected chi connectivity index (χ4v) is 2.86. The van der Waals surface area contributed by atoms with Gasteiger partial charge in [-0.1, -0.05) is 0 Å². The van der Waals surface area contributed by atoms with Crippen molar-refractivity contribution in [3.63, 3.8) is 0 Å². The molecule has 0 amide bonds. The van der Waals surface area contributed by atoms with E-state index in [-0.39, 0.29) is 12.0 Å². The van der Waals surface area contributed by atoms with Crippen LogP contribution in [0.2, 0.25) is 0 Å². The number of hydrogen-bond donors (Lipinski definition) is 1. The van der Waals surface area contributed by atoms with Gasteiger partial charge in [-0.25, -0.2) is 0 Å². The molecule has 2 aliphatic rings. The molecule has 2 unspecified atom stereocenters. The van der Waals surface area contributed by atoms with Gasteiger partial charge in [-0.15, -0.1) is 0 Å². The van der Waals surface area contributed by atoms with E-state index in [9.17, 15) is 4.79 Å². The molecule has 0 aromatic rings. The van der Waals surface area contributed by atoms with E-state index in [1.165, 1.54) is 12.8 Å². The number of hydrogen-bond acceptors (Lipinski definition) is 4. The van der Waals surface area contributed by atoms with Crippen LogP contribution in [-0.2, 0) is 9.53 Å². The van der Waals surface area contributed by atoms with E-state index >= 15 is 0 Å². The third-order valence-electron chi connectivity index (χ3n) is 3.98. The van der Waals surface area contributed by atoms with Gasteiger partial charge in [0.15, 0.2) is 0 Å². The first-order chi connectivity index (χ1) is 7.67. The third kappa shape index (κ3) is 2.23. The smallest absolute Gasteiger partial charge is 0.323 e. The second-order valence-corrected chi connectivity index (χ2v) is 5.08. The number of likely N-dealkylation sites (tertiary alicyclic amines) is 1. The molecule has 92 valence electrons. The number of ether oxygens (including phenoxy) is 1. The third-order valence-corrected chi connectivity index (χ3v) is 3.98. The van der Waals surface area contributed by atoms with Crippen molar-refractivity contribution in [2.75, 3.05) is 32.8 Å². The lowest BCUT2D eigenvalue weighted by molar-refractivity contribution is -0.148. The highest BCUT2D eigenvalue weighted by Crippen LogP contribution is 2.36. The first-order valence-electron chi connectivity index (χ1n) is 6.28. The molecule has 0 aromatic carbocycles. The molecule has 16 heavy (non-hydrogen) atoms. The largest absolute Gasteiger partial charge is 0.465 e. The van der Waals surface area contributed by atoms with Crippen LogP contribution in [0.3, 0.4) is 0 Å². The highest BCUT2D eigenvalue weighted by atomic mass is 16.5. The van der Waals surface area contributed by atoms with Gasteiger partial charge in [0, 0.05) is 13.1 Å². The number of carbonyl (C=O) groups is 1. The molecule has 0 bridgehead atoms. The van der Waals surface area contributed by atoms with E-state index in [4.69, 9.17) is 4.74 Å². The van der Waals surface area contributed by atoms with Crippen molar-refractivity contribution >= 4 is 5.97 Å². The summed E-state index contributed by atoms with van der Waals surface area (Å²) in [6.07, 6.45) is 2.46. The van der Waals surface area contributed by atoms with Crippen LogP contribution in [0, 0.1) is 5.41 Å². The molecule has 1 spiro atoms. The summed E-state index contributed by atoms with van der Waals surface area (Å²) in [6, 6.07) is -0.0834. The van der Waals surface area contributed by atoms with E-state index in [1.54, 1.807) is 0 Å². The second kappa shape index (κ2) is 4.72. The summed E-state index contributed by atoms with van der Waals surface area (Å²) in [5.41, 5.74) is 0.431. The van der Waals surface area contributed by atoms with Gasteiger partial charge in [-0.3, -0.25) is 9.69 Å². The Kier molecular flexibility index (Phi) is 3.50. The van der Waals surface area contributed by atoms with Gasteiger partial charge in [0.25, 0.3) is 0 Å². The van der Waals surface area contributed by atoms with Crippen molar-refractivity contribution in [2.24, 2.45) is 5.41 Å². The molecule has 2 fully saturated rings. The fourth-order valence-electron chi connectivity index (χ4n) is 2.86. The Balaban J connectivity index is 1.90. The van der Waals surface area contributed by atoms with Gasteiger partial charge in [0.2, 0.25) is 0 Å². The molecular formula is C12H22N2O2. The van der Waals surface area contributed by atoms with Crippen molar-refractivity contribution in [3.05, 3.63) is 0 Å². The van der Waals surface area contributed by atoms with Crippen molar-refractivity contribution in [1.82, 2.24) is 10.2 Å². The highest BCUT2D eigenvalue weighted by Gasteiger charge is 2.42. The van der Waals surface area contributed by atoms with Gasteiger partial charge in [-0.05, 0) is 45.2 Å². The average molecular weight is 226 g/mol. The van der Waals surface area contributed by atoms with Gasteiger partial charge >= 0.3 is 5.97 Å². The molecule has 4 nitrogen and oxygen atoms in total. The van der Waals surface area contributed by atoms with Gasteiger partial charge in [0.05, 0.1) is 6.61 Å². The molecular weight excluding hydrogens is 204 g/mol. The normalized spacial score (nSPS) is 32.1. The molecule has 1 N–H and O–H groups in total. The molecule has 2 atom stereocenters. The molecule has 0 aromatic heterocycles. The molecule has 0 aliphatic carbocycles. The predicted octanol–water partition coefficient (Wildman–Crippen LogP) is 0.623. The molecule has 2 heterocycles. The topological polar surface area (TPSA) is 41.6 Å². The van der Waals surface area contributed by atoms with E-state index in [2.05, 4.69) is 10.2 Å². The molecule has 2 rings (SSSR count). The molecule has 2 aliphatic heterocycles. The Bertz CT molecular complexity index is 262. The maximum Gasteiger partial charge on any atom is 0.323 e. The number of nitrogens with one attached hydrogen (secondary N) is 1. The van der Waals surface area contributed by atoms with Gasteiger partial charge in [0.1, 0.15) is 6.04 Å². The zero-order valence-electron chi connectivity index (χ0n) is 10.3. The molecule has 0 radical (unpaired) electrons. The van der Waals surface area contributed by atoms with Crippen LogP contribution in [0.5, 0.6) is 0 Å². The summed E-state index contributed by atoms with van der Waals surface area (Å²) in [4.78, 5) is 13.9. The summed E-state index contributed by atoms with van der Waals surface area (Å²) >= 11 is 0. The van der Waals surface area contributed by atoms with Crippen molar-refractivity contribution < 1.29 is 9.53 Å². The summed E-state index contributed by atoms with van der Waals surface area (Å²) in [7, 11) is 0. The standard InChI is InChI=1S/C12H22N2O2/c1-3-16-11(15)10(2)14-7-5-12(9-14)4-6-13-8-12/h10,13H,3-9H2,1-2H3. The SMILES string of the molecule is CCOC(=O)C(C)N1CCC2(CCNC2)C1. The highest BCUT2D eigenvalue weighted by molar-refractivity contribution is 5.75. The Hall–Kier alpha value is -0.610. The lowest BCUT2D eigenvalue weighted by Gasteiger charge is -2.26. The molecule has 0 saturated carbocycles. The summed E-state index contributed by atoms with van der Waals surface area (Å²) in [5.74, 6) is -0.0782. The van der Waals surface area contributed by atoms with Crippen LogP contribution in [0.25, 0.3) is 0 Å². The lowest BCUT2D eigenvalue weighted by atomic mass is 9.86. The van der Waals surface area contributed by atoms with Gasteiger partial charge < -0.3 is 10.1 Å². The maximum absolute atomic E-state index is 11.7. The van der Waals surface area contributed by atoms with Crippen LogP contribution in [-0.4, -0.2) is 49.7 Å². The minimum Gasteiger partial charge on any atom is -0.465 e. The molecule has 2 saturated heterocycles. The van der Waals surface area contributed by atoms with Crippen molar-refractivity contribution in [1.29, 1.82) is 0 Å². The number of carbonyl (C=O) groups excluding carboxylic acids is 1. The van der Waals surface area contributed by atoms with Gasteiger partial charge in [-0.2, -0.15) is 0 Å². The fraction of sp³-hybridized carbons (Fsp3) is 0.917. The first kappa shape index (κ1) is 11.9. The van der Waals surface area contributed by atoms with E-state index in [0.29, 0.717) is 12.0 Å². The minimum atomic E-state index is -0.0834. The van der Waals surface area contributed by atoms with Crippen molar-refractivity contribution in [2.45, 2.75) is 32.7 Å². The minimum absolute atomic E-state index is 0.0782. The van der Waals surface area contributed by atoms with E-state index < -0.39 is 0 Å². The average Bonchev–Trinajstić information content (AvgIpc) is 2.89. The zero-order chi connectivity index (χ0) is 11.6. The Morgan fingerprint density at radius 2 is 2.38 bits per heavy atom. The molecule has 4 heteroatoms. The Morgan fingerprint density at radius 3 is 3.00 bits per heavy atom. The number of esters is 1. The monoisotopic (exact) mass is 226 g/mol. The predicted molar refractivity (Wildman–Crippen MR) is 62.2 cm³/mol. The summed E-state index contributed by atoms with van der Waals surface area (Å²) < 4.78 is 5.07. The number of nitrogens with zero attached hydrogens (tertiary/aromatic N) is 1. The summed E-state index contributed by atoms with van der Waals surface area (Å²) in [6.45, 7) is 8.60. The van der Waals surface area contributed by atoms with Crippen LogP contribution >= 0.6 is 0 Å². The first-order valence-corrected chi connectivity index (χ1v) is 6.28. The Morgan fingerprint density at radius 1 is 1.56 bits per heavy atom. The van der Waals surface area contributed by atoms with Crippen LogP contribution in [0.4, 0.5) is 0 Å². The van der Waals surface area contributed by atoms with E-state index in [0.717, 1.165) is 26.2 Å². The second-order valence-electron chi connectivity index (χ2n) is 5.08. The van der Waals surface area contributed by atoms with Crippen molar-refractivity contribution in [3.8, 4) is 0 Å². The van der Waals surface area contributed by atoms with Crippen LogP contribution in [0.1, 0.15) is 26.7 Å². The zero-order valence-corrected chi connectivity index (χ0v) is 10.3. The number of rotatable bonds is 3. The van der Waals surface area contributed by atoms with Crippen LogP contribution in [0.15, 0.2) is 0 Å². The maximum atomic E-state index is 11.7. The quantitative estimate of drug-likeness (QED) is 0.716. The van der Waals surface area contributed by atoms with E-state index in [1.807, 2.05) is 13.8 Å². The Labute approximate surface area is 97.3 Å². The summed E-state index contributed by atoms with van der Waals surface area (Å²) in [5, 5.41) is 3.43.